The average molecular weight is 283 g/mol. The molecule has 3 heteroatoms. The molecule has 0 bridgehead atoms. The number of nitrogens with one attached hydrogen (secondary N) is 1. The quantitative estimate of drug-likeness (QED) is 0.892. The van der Waals surface area contributed by atoms with Crippen LogP contribution in [0.15, 0.2) is 42.5 Å². The predicted molar refractivity (Wildman–Crippen MR) is 85.3 cm³/mol. The van der Waals surface area contributed by atoms with E-state index in [1.54, 1.807) is 0 Å². The van der Waals surface area contributed by atoms with E-state index in [-0.39, 0.29) is 6.04 Å². The fourth-order valence-electron chi connectivity index (χ4n) is 2.73. The molecule has 1 unspecified atom stereocenters. The van der Waals surface area contributed by atoms with Crippen LogP contribution in [0, 0.1) is 0 Å². The molecule has 0 saturated heterocycles. The van der Waals surface area contributed by atoms with Gasteiger partial charge in [0.05, 0.1) is 19.3 Å². The molecule has 1 atom stereocenters. The smallest absolute Gasteiger partial charge is 0.124 e. The Kier molecular flexibility index (Phi) is 4.00. The summed E-state index contributed by atoms with van der Waals surface area (Å²) in [4.78, 5) is 0. The Balaban J connectivity index is 1.78. The molecule has 21 heavy (non-hydrogen) atoms. The zero-order valence-corrected chi connectivity index (χ0v) is 12.6. The maximum Gasteiger partial charge on any atom is 0.124 e. The van der Waals surface area contributed by atoms with Gasteiger partial charge in [0, 0.05) is 17.7 Å². The first kappa shape index (κ1) is 13.8. The zero-order chi connectivity index (χ0) is 14.7. The van der Waals surface area contributed by atoms with E-state index in [0.29, 0.717) is 6.61 Å². The molecule has 1 heterocycles. The number of ether oxygens (including phenoxy) is 2. The van der Waals surface area contributed by atoms with Gasteiger partial charge in [0.25, 0.3) is 0 Å². The Morgan fingerprint density at radius 3 is 2.95 bits per heavy atom. The Morgan fingerprint density at radius 2 is 2.10 bits per heavy atom. The Bertz CT molecular complexity index is 624. The topological polar surface area (TPSA) is 30.5 Å². The van der Waals surface area contributed by atoms with Crippen molar-refractivity contribution in [3.63, 3.8) is 0 Å². The van der Waals surface area contributed by atoms with Crippen molar-refractivity contribution in [2.45, 2.75) is 26.3 Å². The molecule has 0 amide bonds. The SMILES string of the molecule is CCOc1ccccc1C(C)Nc1ccc2c(c1)CCO2. The van der Waals surface area contributed by atoms with Gasteiger partial charge in [-0.2, -0.15) is 0 Å². The van der Waals surface area contributed by atoms with Crippen LogP contribution in [0.4, 0.5) is 5.69 Å². The highest BCUT2D eigenvalue weighted by Gasteiger charge is 2.14. The number of hydrogen-bond donors (Lipinski definition) is 1. The lowest BCUT2D eigenvalue weighted by Gasteiger charge is -2.19. The lowest BCUT2D eigenvalue weighted by molar-refractivity contribution is 0.335. The molecule has 1 N–H and O–H groups in total. The highest BCUT2D eigenvalue weighted by molar-refractivity contribution is 5.54. The van der Waals surface area contributed by atoms with E-state index in [0.717, 1.165) is 30.2 Å². The molecule has 110 valence electrons. The van der Waals surface area contributed by atoms with Crippen molar-refractivity contribution in [1.29, 1.82) is 0 Å². The number of hydrogen-bond acceptors (Lipinski definition) is 3. The maximum absolute atomic E-state index is 5.71. The molecule has 0 aromatic heterocycles. The number of para-hydroxylation sites is 1. The van der Waals surface area contributed by atoms with Crippen LogP contribution in [0.1, 0.15) is 31.0 Å². The number of fused-ring (bicyclic) bond motifs is 1. The molecular formula is C18H21NO2. The van der Waals surface area contributed by atoms with E-state index >= 15 is 0 Å². The van der Waals surface area contributed by atoms with Crippen molar-refractivity contribution >= 4 is 5.69 Å². The Hall–Kier alpha value is -2.16. The summed E-state index contributed by atoms with van der Waals surface area (Å²) in [5.74, 6) is 1.97. The van der Waals surface area contributed by atoms with Gasteiger partial charge >= 0.3 is 0 Å². The van der Waals surface area contributed by atoms with Crippen LogP contribution in [0.25, 0.3) is 0 Å². The fraction of sp³-hybridized carbons (Fsp3) is 0.333. The molecule has 1 aliphatic rings. The first-order chi connectivity index (χ1) is 10.3. The summed E-state index contributed by atoms with van der Waals surface area (Å²) >= 11 is 0. The van der Waals surface area contributed by atoms with Crippen LogP contribution in [-0.2, 0) is 6.42 Å². The van der Waals surface area contributed by atoms with Crippen LogP contribution < -0.4 is 14.8 Å². The second-order valence-corrected chi connectivity index (χ2v) is 5.26. The largest absolute Gasteiger partial charge is 0.494 e. The first-order valence-corrected chi connectivity index (χ1v) is 7.52. The second kappa shape index (κ2) is 6.08. The summed E-state index contributed by atoms with van der Waals surface area (Å²) in [7, 11) is 0. The molecule has 1 aliphatic heterocycles. The Morgan fingerprint density at radius 1 is 1.24 bits per heavy atom. The molecule has 0 radical (unpaired) electrons. The van der Waals surface area contributed by atoms with Gasteiger partial charge in [0.15, 0.2) is 0 Å². The van der Waals surface area contributed by atoms with E-state index in [4.69, 9.17) is 9.47 Å². The van der Waals surface area contributed by atoms with Crippen LogP contribution in [-0.4, -0.2) is 13.2 Å². The van der Waals surface area contributed by atoms with E-state index < -0.39 is 0 Å². The van der Waals surface area contributed by atoms with Crippen molar-refractivity contribution in [3.8, 4) is 11.5 Å². The summed E-state index contributed by atoms with van der Waals surface area (Å²) in [5, 5.41) is 3.55. The summed E-state index contributed by atoms with van der Waals surface area (Å²) in [5.41, 5.74) is 3.58. The summed E-state index contributed by atoms with van der Waals surface area (Å²) in [6, 6.07) is 14.7. The number of rotatable bonds is 5. The molecule has 2 aromatic carbocycles. The molecule has 3 nitrogen and oxygen atoms in total. The van der Waals surface area contributed by atoms with Crippen molar-refractivity contribution in [2.75, 3.05) is 18.5 Å². The zero-order valence-electron chi connectivity index (χ0n) is 12.6. The number of anilines is 1. The Labute approximate surface area is 125 Å². The van der Waals surface area contributed by atoms with Gasteiger partial charge in [-0.15, -0.1) is 0 Å². The lowest BCUT2D eigenvalue weighted by Crippen LogP contribution is -2.09. The highest BCUT2D eigenvalue weighted by Crippen LogP contribution is 2.31. The fourth-order valence-corrected chi connectivity index (χ4v) is 2.73. The van der Waals surface area contributed by atoms with E-state index in [9.17, 15) is 0 Å². The van der Waals surface area contributed by atoms with E-state index in [1.165, 1.54) is 11.1 Å². The van der Waals surface area contributed by atoms with Crippen molar-refractivity contribution < 1.29 is 9.47 Å². The third-order valence-electron chi connectivity index (χ3n) is 3.76. The molecule has 0 aliphatic carbocycles. The van der Waals surface area contributed by atoms with E-state index in [2.05, 4.69) is 30.4 Å². The van der Waals surface area contributed by atoms with Gasteiger partial charge < -0.3 is 14.8 Å². The number of benzene rings is 2. The van der Waals surface area contributed by atoms with Gasteiger partial charge in [-0.25, -0.2) is 0 Å². The average Bonchev–Trinajstić information content (AvgIpc) is 2.95. The van der Waals surface area contributed by atoms with Crippen LogP contribution in [0.3, 0.4) is 0 Å². The molecule has 3 rings (SSSR count). The van der Waals surface area contributed by atoms with Gasteiger partial charge in [-0.1, -0.05) is 18.2 Å². The lowest BCUT2D eigenvalue weighted by atomic mass is 10.1. The van der Waals surface area contributed by atoms with Crippen molar-refractivity contribution in [3.05, 3.63) is 53.6 Å². The maximum atomic E-state index is 5.71. The summed E-state index contributed by atoms with van der Waals surface area (Å²) in [6.07, 6.45) is 0.995. The van der Waals surface area contributed by atoms with Gasteiger partial charge in [0.1, 0.15) is 11.5 Å². The summed E-state index contributed by atoms with van der Waals surface area (Å²) < 4.78 is 11.3. The van der Waals surface area contributed by atoms with Crippen molar-refractivity contribution in [2.24, 2.45) is 0 Å². The minimum absolute atomic E-state index is 0.188. The molecule has 0 fully saturated rings. The van der Waals surface area contributed by atoms with Gasteiger partial charge in [-0.3, -0.25) is 0 Å². The van der Waals surface area contributed by atoms with Crippen molar-refractivity contribution in [1.82, 2.24) is 0 Å². The van der Waals surface area contributed by atoms with E-state index in [1.807, 2.05) is 31.2 Å². The third kappa shape index (κ3) is 2.97. The van der Waals surface area contributed by atoms with Crippen LogP contribution in [0.5, 0.6) is 11.5 Å². The highest BCUT2D eigenvalue weighted by atomic mass is 16.5. The molecule has 2 aromatic rings. The minimum Gasteiger partial charge on any atom is -0.494 e. The van der Waals surface area contributed by atoms with Gasteiger partial charge in [0.2, 0.25) is 0 Å². The molecule has 0 spiro atoms. The van der Waals surface area contributed by atoms with Gasteiger partial charge in [-0.05, 0) is 43.7 Å². The normalized spacial score (nSPS) is 14.2. The van der Waals surface area contributed by atoms with Crippen LogP contribution >= 0.6 is 0 Å². The summed E-state index contributed by atoms with van der Waals surface area (Å²) in [6.45, 7) is 5.64. The molecule has 0 saturated carbocycles. The second-order valence-electron chi connectivity index (χ2n) is 5.26. The molecular weight excluding hydrogens is 262 g/mol. The monoisotopic (exact) mass is 283 g/mol. The minimum atomic E-state index is 0.188. The third-order valence-corrected chi connectivity index (χ3v) is 3.76. The first-order valence-electron chi connectivity index (χ1n) is 7.52. The predicted octanol–water partition coefficient (Wildman–Crippen LogP) is 4.19. The van der Waals surface area contributed by atoms with Crippen LogP contribution in [0.2, 0.25) is 0 Å². The standard InChI is InChI=1S/C18H21NO2/c1-3-20-18-7-5-4-6-16(18)13(2)19-15-8-9-17-14(12-15)10-11-21-17/h4-9,12-13,19H,3,10-11H2,1-2H3.